The Morgan fingerprint density at radius 3 is 2.73 bits per heavy atom. The lowest BCUT2D eigenvalue weighted by Crippen LogP contribution is -2.82. The fourth-order valence-electron chi connectivity index (χ4n) is 6.89. The Balaban J connectivity index is 1.45. The molecule has 2 aromatic rings. The molecule has 0 saturated carbocycles. The Hall–Kier alpha value is -1.91. The Labute approximate surface area is 203 Å². The molecule has 1 aliphatic carbocycles. The average molecular weight is 467 g/mol. The zero-order valence-corrected chi connectivity index (χ0v) is 20.9. The van der Waals surface area contributed by atoms with Gasteiger partial charge in [0.15, 0.2) is 0 Å². The maximum Gasteiger partial charge on any atom is 0.232 e. The van der Waals surface area contributed by atoms with Gasteiger partial charge in [0, 0.05) is 18.3 Å². The second-order valence-electron chi connectivity index (χ2n) is 11.5. The van der Waals surface area contributed by atoms with E-state index in [-0.39, 0.29) is 22.8 Å². The minimum Gasteiger partial charge on any atom is -0.345 e. The van der Waals surface area contributed by atoms with Crippen LogP contribution in [0.5, 0.6) is 0 Å². The first-order valence-corrected chi connectivity index (χ1v) is 13.0. The number of aromatic nitrogens is 1. The third-order valence-electron chi connectivity index (χ3n) is 8.55. The molecule has 5 rings (SSSR count). The van der Waals surface area contributed by atoms with E-state index >= 15 is 0 Å². The van der Waals surface area contributed by atoms with Gasteiger partial charge in [-0.3, -0.25) is 4.79 Å². The average Bonchev–Trinajstić information content (AvgIpc) is 3.22. The summed E-state index contributed by atoms with van der Waals surface area (Å²) in [4.78, 5) is 21.2. The second kappa shape index (κ2) is 8.70. The van der Waals surface area contributed by atoms with E-state index in [0.29, 0.717) is 17.0 Å². The summed E-state index contributed by atoms with van der Waals surface area (Å²) in [7, 11) is 0. The van der Waals surface area contributed by atoms with Crippen LogP contribution in [-0.4, -0.2) is 41.5 Å². The molecule has 1 amide bonds. The van der Waals surface area contributed by atoms with Gasteiger partial charge in [0.1, 0.15) is 11.1 Å². The quantitative estimate of drug-likeness (QED) is 0.670. The van der Waals surface area contributed by atoms with Gasteiger partial charge in [-0.15, -0.1) is 0 Å². The predicted molar refractivity (Wildman–Crippen MR) is 132 cm³/mol. The standard InChI is InChI=1S/C28H36ClN3O/c1-27(2,3)24-16-20(19-8-5-4-6-9-19)13-15-32(24)26(33)22-17-30-18-28(22)14-7-10-23-21(28)11-12-25(29)31-23/h4-6,8-9,11-12,20,22,24,30H,7,10,13-18H2,1-3H3/p+1/t20?,22-,24?,28-/m0/s1. The number of hydrogen-bond acceptors (Lipinski definition) is 2. The van der Waals surface area contributed by atoms with Gasteiger partial charge in [-0.25, -0.2) is 4.98 Å². The first-order valence-electron chi connectivity index (χ1n) is 12.6. The number of halogens is 1. The molecule has 2 N–H and O–H groups in total. The Kier molecular flexibility index (Phi) is 6.03. The van der Waals surface area contributed by atoms with E-state index in [2.05, 4.69) is 72.4 Å². The van der Waals surface area contributed by atoms with Crippen LogP contribution in [0.4, 0.5) is 0 Å². The van der Waals surface area contributed by atoms with E-state index in [0.717, 1.165) is 57.4 Å². The van der Waals surface area contributed by atoms with E-state index < -0.39 is 0 Å². The molecule has 2 unspecified atom stereocenters. The van der Waals surface area contributed by atoms with Gasteiger partial charge in [-0.1, -0.05) is 68.8 Å². The van der Waals surface area contributed by atoms with Gasteiger partial charge < -0.3 is 10.2 Å². The van der Waals surface area contributed by atoms with Crippen LogP contribution in [-0.2, 0) is 16.6 Å². The lowest BCUT2D eigenvalue weighted by molar-refractivity contribution is -0.640. The van der Waals surface area contributed by atoms with Crippen LogP contribution >= 0.6 is 11.6 Å². The molecule has 176 valence electrons. The molecule has 4 nitrogen and oxygen atoms in total. The summed E-state index contributed by atoms with van der Waals surface area (Å²) in [6.45, 7) is 9.58. The smallest absolute Gasteiger partial charge is 0.232 e. The lowest BCUT2D eigenvalue weighted by atomic mass is 9.64. The monoisotopic (exact) mass is 466 g/mol. The molecule has 3 aliphatic rings. The van der Waals surface area contributed by atoms with E-state index in [4.69, 9.17) is 11.6 Å². The largest absolute Gasteiger partial charge is 0.345 e. The fraction of sp³-hybridized carbons (Fsp3) is 0.571. The van der Waals surface area contributed by atoms with Crippen LogP contribution in [0.25, 0.3) is 0 Å². The molecular weight excluding hydrogens is 430 g/mol. The number of amides is 1. The SMILES string of the molecule is CC(C)(C)C1CC(c2ccccc2)CCN1C(=O)[C@@H]1C[NH2+]C[C@]12CCCc1nc(Cl)ccc12. The zero-order chi connectivity index (χ0) is 23.2. The normalized spacial score (nSPS) is 29.8. The fourth-order valence-corrected chi connectivity index (χ4v) is 7.05. The van der Waals surface area contributed by atoms with Crippen molar-refractivity contribution in [3.05, 3.63) is 64.4 Å². The molecule has 2 fully saturated rings. The van der Waals surface area contributed by atoms with Gasteiger partial charge in [0.2, 0.25) is 5.91 Å². The highest BCUT2D eigenvalue weighted by molar-refractivity contribution is 6.29. The molecule has 1 spiro atoms. The number of fused-ring (bicyclic) bond motifs is 2. The van der Waals surface area contributed by atoms with Crippen molar-refractivity contribution in [1.82, 2.24) is 9.88 Å². The van der Waals surface area contributed by atoms with E-state index in [1.807, 2.05) is 6.07 Å². The number of likely N-dealkylation sites (tertiary alicyclic amines) is 1. The van der Waals surface area contributed by atoms with Crippen LogP contribution in [0.15, 0.2) is 42.5 Å². The number of carbonyl (C=O) groups is 1. The first kappa shape index (κ1) is 22.9. The van der Waals surface area contributed by atoms with Crippen LogP contribution in [0.3, 0.4) is 0 Å². The van der Waals surface area contributed by atoms with Gasteiger partial charge >= 0.3 is 0 Å². The van der Waals surface area contributed by atoms with Crippen molar-refractivity contribution in [3.63, 3.8) is 0 Å². The highest BCUT2D eigenvalue weighted by Crippen LogP contribution is 2.46. The minimum absolute atomic E-state index is 0.0117. The predicted octanol–water partition coefficient (Wildman–Crippen LogP) is 4.32. The number of pyridine rings is 1. The highest BCUT2D eigenvalue weighted by Gasteiger charge is 2.55. The highest BCUT2D eigenvalue weighted by atomic mass is 35.5. The summed E-state index contributed by atoms with van der Waals surface area (Å²) >= 11 is 6.23. The number of quaternary nitrogens is 1. The van der Waals surface area contributed by atoms with Crippen LogP contribution in [0, 0.1) is 11.3 Å². The van der Waals surface area contributed by atoms with Crippen molar-refractivity contribution in [2.45, 2.75) is 70.3 Å². The maximum atomic E-state index is 14.3. The number of hydrogen-bond donors (Lipinski definition) is 1. The van der Waals surface area contributed by atoms with Crippen molar-refractivity contribution in [3.8, 4) is 0 Å². The number of aryl methyl sites for hydroxylation is 1. The summed E-state index contributed by atoms with van der Waals surface area (Å²) in [5.74, 6) is 0.890. The molecule has 1 aromatic carbocycles. The molecule has 1 aromatic heterocycles. The topological polar surface area (TPSA) is 49.8 Å². The summed E-state index contributed by atoms with van der Waals surface area (Å²) < 4.78 is 0. The van der Waals surface area contributed by atoms with E-state index in [1.165, 1.54) is 11.1 Å². The Morgan fingerprint density at radius 2 is 1.97 bits per heavy atom. The van der Waals surface area contributed by atoms with Gasteiger partial charge in [-0.05, 0) is 60.6 Å². The van der Waals surface area contributed by atoms with Crippen LogP contribution in [0.1, 0.15) is 69.2 Å². The van der Waals surface area contributed by atoms with Crippen molar-refractivity contribution in [1.29, 1.82) is 0 Å². The molecule has 0 radical (unpaired) electrons. The Morgan fingerprint density at radius 1 is 1.18 bits per heavy atom. The third kappa shape index (κ3) is 4.10. The molecule has 33 heavy (non-hydrogen) atoms. The molecule has 2 saturated heterocycles. The van der Waals surface area contributed by atoms with Crippen molar-refractivity contribution < 1.29 is 10.1 Å². The first-order chi connectivity index (χ1) is 15.8. The maximum absolute atomic E-state index is 14.3. The van der Waals surface area contributed by atoms with Crippen LogP contribution < -0.4 is 5.32 Å². The number of rotatable bonds is 2. The van der Waals surface area contributed by atoms with E-state index in [1.54, 1.807) is 0 Å². The molecule has 4 atom stereocenters. The van der Waals surface area contributed by atoms with Crippen molar-refractivity contribution >= 4 is 17.5 Å². The summed E-state index contributed by atoms with van der Waals surface area (Å²) in [5.41, 5.74) is 3.72. The lowest BCUT2D eigenvalue weighted by Gasteiger charge is -2.48. The summed E-state index contributed by atoms with van der Waals surface area (Å²) in [6, 6.07) is 15.2. The number of carbonyl (C=O) groups excluding carboxylic acids is 1. The summed E-state index contributed by atoms with van der Waals surface area (Å²) in [5, 5.41) is 2.92. The summed E-state index contributed by atoms with van der Waals surface area (Å²) in [6.07, 6.45) is 5.19. The van der Waals surface area contributed by atoms with Crippen molar-refractivity contribution in [2.75, 3.05) is 19.6 Å². The number of benzene rings is 1. The van der Waals surface area contributed by atoms with Crippen molar-refractivity contribution in [2.24, 2.45) is 11.3 Å². The number of nitrogens with two attached hydrogens (primary N) is 1. The number of piperidine rings is 1. The van der Waals surface area contributed by atoms with Gasteiger partial charge in [0.25, 0.3) is 0 Å². The second-order valence-corrected chi connectivity index (χ2v) is 11.9. The van der Waals surface area contributed by atoms with E-state index in [9.17, 15) is 4.79 Å². The molecule has 2 aliphatic heterocycles. The zero-order valence-electron chi connectivity index (χ0n) is 20.2. The van der Waals surface area contributed by atoms with Gasteiger partial charge in [-0.2, -0.15) is 0 Å². The molecule has 3 heterocycles. The van der Waals surface area contributed by atoms with Gasteiger partial charge in [0.05, 0.1) is 18.5 Å². The Bertz CT molecular complexity index is 1020. The number of nitrogens with zero attached hydrogens (tertiary/aromatic N) is 2. The third-order valence-corrected chi connectivity index (χ3v) is 8.76. The van der Waals surface area contributed by atoms with Crippen LogP contribution in [0.2, 0.25) is 5.15 Å². The molecular formula is C28H37ClN3O+. The minimum atomic E-state index is -0.110. The molecule has 0 bridgehead atoms. The molecule has 5 heteroatoms.